The second kappa shape index (κ2) is 5.43. The third kappa shape index (κ3) is 2.55. The first-order chi connectivity index (χ1) is 8.74. The Morgan fingerprint density at radius 2 is 2.17 bits per heavy atom. The van der Waals surface area contributed by atoms with Gasteiger partial charge in [-0.2, -0.15) is 5.26 Å². The average molecular weight is 258 g/mol. The molecule has 1 heterocycles. The van der Waals surface area contributed by atoms with Gasteiger partial charge in [-0.1, -0.05) is 12.1 Å². The van der Waals surface area contributed by atoms with E-state index in [1.807, 2.05) is 12.1 Å². The van der Waals surface area contributed by atoms with Crippen molar-refractivity contribution in [1.82, 2.24) is 4.98 Å². The lowest BCUT2D eigenvalue weighted by molar-refractivity contribution is 0.0526. The third-order valence-corrected chi connectivity index (χ3v) is 3.09. The van der Waals surface area contributed by atoms with Crippen LogP contribution in [0, 0.1) is 11.3 Å². The number of benzene rings is 1. The van der Waals surface area contributed by atoms with Crippen molar-refractivity contribution in [3.63, 3.8) is 0 Å². The van der Waals surface area contributed by atoms with E-state index in [0.29, 0.717) is 22.9 Å². The lowest BCUT2D eigenvalue weighted by Gasteiger charge is -1.97. The van der Waals surface area contributed by atoms with Crippen LogP contribution in [0.15, 0.2) is 29.6 Å². The molecule has 2 aromatic rings. The number of nitriles is 1. The highest BCUT2D eigenvalue weighted by Gasteiger charge is 2.12. The van der Waals surface area contributed by atoms with E-state index in [-0.39, 0.29) is 0 Å². The number of rotatable bonds is 3. The molecule has 0 aliphatic carbocycles. The number of hydrogen-bond acceptors (Lipinski definition) is 5. The molecule has 90 valence electrons. The molecular weight excluding hydrogens is 248 g/mol. The van der Waals surface area contributed by atoms with Crippen LogP contribution in [0.2, 0.25) is 0 Å². The van der Waals surface area contributed by atoms with Gasteiger partial charge in [-0.3, -0.25) is 0 Å². The second-order valence-corrected chi connectivity index (χ2v) is 4.31. The standard InChI is InChI=1S/C13H10N2O2S/c1-2-17-13(16)12-15-11(8-18-12)10-5-3-9(7-14)4-6-10/h3-6,8H,2H2,1H3. The van der Waals surface area contributed by atoms with Crippen molar-refractivity contribution < 1.29 is 9.53 Å². The fourth-order valence-electron chi connectivity index (χ4n) is 1.41. The molecule has 0 saturated heterocycles. The predicted octanol–water partition coefficient (Wildman–Crippen LogP) is 2.86. The summed E-state index contributed by atoms with van der Waals surface area (Å²) in [6.07, 6.45) is 0. The van der Waals surface area contributed by atoms with Gasteiger partial charge in [-0.15, -0.1) is 11.3 Å². The van der Waals surface area contributed by atoms with Gasteiger partial charge in [0.15, 0.2) is 0 Å². The quantitative estimate of drug-likeness (QED) is 0.794. The van der Waals surface area contributed by atoms with E-state index < -0.39 is 5.97 Å². The molecule has 0 fully saturated rings. The molecular formula is C13H10N2O2S. The van der Waals surface area contributed by atoms with Crippen LogP contribution in [0.4, 0.5) is 0 Å². The van der Waals surface area contributed by atoms with E-state index in [0.717, 1.165) is 5.56 Å². The van der Waals surface area contributed by atoms with Crippen LogP contribution in [0.5, 0.6) is 0 Å². The van der Waals surface area contributed by atoms with Crippen molar-refractivity contribution in [3.05, 3.63) is 40.2 Å². The van der Waals surface area contributed by atoms with Crippen molar-refractivity contribution in [3.8, 4) is 17.3 Å². The minimum Gasteiger partial charge on any atom is -0.461 e. The molecule has 0 aliphatic heterocycles. The molecule has 1 aromatic carbocycles. The van der Waals surface area contributed by atoms with Crippen LogP contribution in [-0.2, 0) is 4.74 Å². The van der Waals surface area contributed by atoms with Crippen molar-refractivity contribution in [2.45, 2.75) is 6.92 Å². The van der Waals surface area contributed by atoms with Crippen LogP contribution in [0.3, 0.4) is 0 Å². The Morgan fingerprint density at radius 1 is 1.44 bits per heavy atom. The first kappa shape index (κ1) is 12.3. The number of hydrogen-bond donors (Lipinski definition) is 0. The second-order valence-electron chi connectivity index (χ2n) is 3.45. The van der Waals surface area contributed by atoms with Gasteiger partial charge in [0.2, 0.25) is 5.01 Å². The molecule has 0 spiro atoms. The maximum absolute atomic E-state index is 11.5. The van der Waals surface area contributed by atoms with E-state index in [2.05, 4.69) is 11.1 Å². The number of aromatic nitrogens is 1. The highest BCUT2D eigenvalue weighted by Crippen LogP contribution is 2.22. The number of ether oxygens (including phenoxy) is 1. The van der Waals surface area contributed by atoms with Crippen LogP contribution >= 0.6 is 11.3 Å². The van der Waals surface area contributed by atoms with E-state index >= 15 is 0 Å². The molecule has 18 heavy (non-hydrogen) atoms. The molecule has 0 radical (unpaired) electrons. The molecule has 0 aliphatic rings. The van der Waals surface area contributed by atoms with E-state index in [4.69, 9.17) is 10.00 Å². The highest BCUT2D eigenvalue weighted by atomic mass is 32.1. The summed E-state index contributed by atoms with van der Waals surface area (Å²) in [4.78, 5) is 15.7. The van der Waals surface area contributed by atoms with Crippen LogP contribution in [-0.4, -0.2) is 17.6 Å². The van der Waals surface area contributed by atoms with E-state index in [9.17, 15) is 4.79 Å². The summed E-state index contributed by atoms with van der Waals surface area (Å²) < 4.78 is 4.88. The van der Waals surface area contributed by atoms with Gasteiger partial charge in [-0.25, -0.2) is 9.78 Å². The molecule has 0 saturated carbocycles. The smallest absolute Gasteiger partial charge is 0.367 e. The number of thiazole rings is 1. The Labute approximate surface area is 108 Å². The van der Waals surface area contributed by atoms with Gasteiger partial charge < -0.3 is 4.74 Å². The maximum atomic E-state index is 11.5. The number of nitrogens with zero attached hydrogens (tertiary/aromatic N) is 2. The molecule has 0 N–H and O–H groups in total. The van der Waals surface area contributed by atoms with E-state index in [1.54, 1.807) is 24.4 Å². The van der Waals surface area contributed by atoms with Crippen molar-refractivity contribution in [2.75, 3.05) is 6.61 Å². The Kier molecular flexibility index (Phi) is 3.70. The molecule has 2 rings (SSSR count). The van der Waals surface area contributed by atoms with Gasteiger partial charge in [0.1, 0.15) is 0 Å². The van der Waals surface area contributed by atoms with Crippen molar-refractivity contribution in [1.29, 1.82) is 5.26 Å². The zero-order valence-electron chi connectivity index (χ0n) is 9.71. The summed E-state index contributed by atoms with van der Waals surface area (Å²) in [5.74, 6) is -0.401. The van der Waals surface area contributed by atoms with Crippen LogP contribution in [0.25, 0.3) is 11.3 Å². The molecule has 4 nitrogen and oxygen atoms in total. The predicted molar refractivity (Wildman–Crippen MR) is 68.2 cm³/mol. The lowest BCUT2D eigenvalue weighted by Crippen LogP contribution is -2.03. The highest BCUT2D eigenvalue weighted by molar-refractivity contribution is 7.11. The van der Waals surface area contributed by atoms with Gasteiger partial charge in [0.05, 0.1) is 23.9 Å². The van der Waals surface area contributed by atoms with Crippen LogP contribution < -0.4 is 0 Å². The molecule has 0 bridgehead atoms. The summed E-state index contributed by atoms with van der Waals surface area (Å²) >= 11 is 1.25. The fourth-order valence-corrected chi connectivity index (χ4v) is 2.13. The van der Waals surface area contributed by atoms with E-state index in [1.165, 1.54) is 11.3 Å². The maximum Gasteiger partial charge on any atom is 0.367 e. The number of carbonyl (C=O) groups excluding carboxylic acids is 1. The summed E-state index contributed by atoms with van der Waals surface area (Å²) in [5.41, 5.74) is 2.19. The first-order valence-electron chi connectivity index (χ1n) is 5.37. The van der Waals surface area contributed by atoms with Crippen LogP contribution in [0.1, 0.15) is 22.3 Å². The average Bonchev–Trinajstić information content (AvgIpc) is 2.89. The Bertz CT molecular complexity index is 596. The molecule has 1 aromatic heterocycles. The summed E-state index contributed by atoms with van der Waals surface area (Å²) in [5, 5.41) is 10.9. The summed E-state index contributed by atoms with van der Waals surface area (Å²) in [6, 6.07) is 9.11. The number of carbonyl (C=O) groups is 1. The number of esters is 1. The molecule has 0 amide bonds. The van der Waals surface area contributed by atoms with Crippen molar-refractivity contribution in [2.24, 2.45) is 0 Å². The van der Waals surface area contributed by atoms with Gasteiger partial charge in [0.25, 0.3) is 0 Å². The topological polar surface area (TPSA) is 63.0 Å². The minimum atomic E-state index is -0.401. The largest absolute Gasteiger partial charge is 0.461 e. The summed E-state index contributed by atoms with van der Waals surface area (Å²) in [7, 11) is 0. The van der Waals surface area contributed by atoms with Gasteiger partial charge in [-0.05, 0) is 19.1 Å². The van der Waals surface area contributed by atoms with Gasteiger partial charge >= 0.3 is 5.97 Å². The monoisotopic (exact) mass is 258 g/mol. The summed E-state index contributed by atoms with van der Waals surface area (Å²) in [6.45, 7) is 2.09. The zero-order chi connectivity index (χ0) is 13.0. The molecule has 0 atom stereocenters. The third-order valence-electron chi connectivity index (χ3n) is 2.26. The SMILES string of the molecule is CCOC(=O)c1nc(-c2ccc(C#N)cc2)cs1. The Balaban J connectivity index is 2.24. The van der Waals surface area contributed by atoms with Crippen molar-refractivity contribution >= 4 is 17.3 Å². The normalized spacial score (nSPS) is 9.78. The fraction of sp³-hybridized carbons (Fsp3) is 0.154. The minimum absolute atomic E-state index is 0.338. The first-order valence-corrected chi connectivity index (χ1v) is 6.25. The molecule has 0 unspecified atom stereocenters. The lowest BCUT2D eigenvalue weighted by atomic mass is 10.1. The van der Waals surface area contributed by atoms with Gasteiger partial charge in [0, 0.05) is 10.9 Å². The Hall–Kier alpha value is -2.19. The molecule has 5 heteroatoms. The Morgan fingerprint density at radius 3 is 2.78 bits per heavy atom. The zero-order valence-corrected chi connectivity index (χ0v) is 10.5.